The van der Waals surface area contributed by atoms with Crippen LogP contribution < -0.4 is 11.1 Å². The molecule has 0 saturated carbocycles. The fraction of sp³-hybridized carbons (Fsp3) is 0.800. The topological polar surface area (TPSA) is 58.4 Å². The average molecular weight is 229 g/mol. The number of hydrogen-bond donors (Lipinski definition) is 2. The molecule has 1 saturated heterocycles. The summed E-state index contributed by atoms with van der Waals surface area (Å²) in [7, 11) is 2.10. The number of amides is 1. The number of carbonyl (C=O) groups excluding carboxylic acids is 1. The Balaban J connectivity index is 2.23. The van der Waals surface area contributed by atoms with Crippen LogP contribution in [0.15, 0.2) is 0 Å². The highest BCUT2D eigenvalue weighted by molar-refractivity contribution is 7.80. The molecule has 1 heterocycles. The monoisotopic (exact) mass is 229 g/mol. The van der Waals surface area contributed by atoms with E-state index in [-0.39, 0.29) is 17.3 Å². The molecule has 5 heteroatoms. The van der Waals surface area contributed by atoms with Crippen LogP contribution in [0, 0.1) is 0 Å². The van der Waals surface area contributed by atoms with Crippen LogP contribution in [0.5, 0.6) is 0 Å². The maximum atomic E-state index is 11.3. The molecule has 1 amide bonds. The molecule has 1 fully saturated rings. The van der Waals surface area contributed by atoms with Crippen molar-refractivity contribution in [2.75, 3.05) is 20.1 Å². The molecule has 86 valence electrons. The van der Waals surface area contributed by atoms with E-state index in [2.05, 4.69) is 29.5 Å². The van der Waals surface area contributed by atoms with Crippen LogP contribution in [-0.2, 0) is 4.79 Å². The van der Waals surface area contributed by atoms with Crippen molar-refractivity contribution in [2.24, 2.45) is 5.73 Å². The average Bonchev–Trinajstić information content (AvgIpc) is 2.15. The maximum absolute atomic E-state index is 11.3. The second-order valence-electron chi connectivity index (χ2n) is 4.08. The number of hydrogen-bond acceptors (Lipinski definition) is 3. The smallest absolute Gasteiger partial charge is 0.226 e. The van der Waals surface area contributed by atoms with Crippen LogP contribution in [0.4, 0.5) is 0 Å². The summed E-state index contributed by atoms with van der Waals surface area (Å²) in [5.74, 6) is -0.0681. The largest absolute Gasteiger partial charge is 0.393 e. The quantitative estimate of drug-likeness (QED) is 0.679. The number of rotatable bonds is 4. The van der Waals surface area contributed by atoms with Gasteiger partial charge in [-0.2, -0.15) is 0 Å². The lowest BCUT2D eigenvalue weighted by atomic mass is 10.0. The summed E-state index contributed by atoms with van der Waals surface area (Å²) in [6.45, 7) is 1.83. The second-order valence-corrected chi connectivity index (χ2v) is 4.60. The molecule has 4 nitrogen and oxygen atoms in total. The Morgan fingerprint density at radius 1 is 1.60 bits per heavy atom. The van der Waals surface area contributed by atoms with Gasteiger partial charge in [-0.1, -0.05) is 18.6 Å². The van der Waals surface area contributed by atoms with E-state index in [9.17, 15) is 4.79 Å². The molecular formula is C10H19N3OS. The number of nitrogens with one attached hydrogen (secondary N) is 1. The van der Waals surface area contributed by atoms with Crippen molar-refractivity contribution in [3.8, 4) is 0 Å². The van der Waals surface area contributed by atoms with Crippen molar-refractivity contribution in [3.05, 3.63) is 0 Å². The van der Waals surface area contributed by atoms with Gasteiger partial charge in [-0.15, -0.1) is 0 Å². The molecule has 15 heavy (non-hydrogen) atoms. The Labute approximate surface area is 96.2 Å². The van der Waals surface area contributed by atoms with Gasteiger partial charge in [0.05, 0.1) is 11.4 Å². The predicted octanol–water partition coefficient (Wildman–Crippen LogP) is 0.263. The number of piperidine rings is 1. The van der Waals surface area contributed by atoms with E-state index in [0.717, 1.165) is 13.0 Å². The highest BCUT2D eigenvalue weighted by Gasteiger charge is 2.19. The van der Waals surface area contributed by atoms with Gasteiger partial charge < -0.3 is 16.0 Å². The van der Waals surface area contributed by atoms with Crippen molar-refractivity contribution < 1.29 is 4.79 Å². The zero-order valence-corrected chi connectivity index (χ0v) is 9.98. The molecule has 3 N–H and O–H groups in total. The first-order valence-corrected chi connectivity index (χ1v) is 5.75. The van der Waals surface area contributed by atoms with E-state index in [1.165, 1.54) is 12.8 Å². The first kappa shape index (κ1) is 12.4. The molecule has 0 radical (unpaired) electrons. The van der Waals surface area contributed by atoms with Crippen molar-refractivity contribution in [1.82, 2.24) is 10.2 Å². The molecule has 0 aromatic rings. The highest BCUT2D eigenvalue weighted by atomic mass is 32.1. The lowest BCUT2D eigenvalue weighted by Gasteiger charge is -2.32. The summed E-state index contributed by atoms with van der Waals surface area (Å²) in [4.78, 5) is 13.9. The van der Waals surface area contributed by atoms with Crippen LogP contribution in [-0.4, -0.2) is 42.0 Å². The van der Waals surface area contributed by atoms with Gasteiger partial charge in [0.2, 0.25) is 5.91 Å². The van der Waals surface area contributed by atoms with E-state index < -0.39 is 0 Å². The number of carbonyl (C=O) groups is 1. The molecular weight excluding hydrogens is 210 g/mol. The number of likely N-dealkylation sites (N-methyl/N-ethyl adjacent to an activating group) is 1. The molecule has 1 aliphatic heterocycles. The van der Waals surface area contributed by atoms with Gasteiger partial charge in [0, 0.05) is 12.6 Å². The number of thiocarbonyl (C=S) groups is 1. The Hall–Kier alpha value is -0.680. The first-order valence-electron chi connectivity index (χ1n) is 5.35. The summed E-state index contributed by atoms with van der Waals surface area (Å²) in [5.41, 5.74) is 5.29. The van der Waals surface area contributed by atoms with Crippen LogP contribution >= 0.6 is 12.2 Å². The van der Waals surface area contributed by atoms with E-state index in [4.69, 9.17) is 5.73 Å². The predicted molar refractivity (Wildman–Crippen MR) is 64.7 cm³/mol. The lowest BCUT2D eigenvalue weighted by Crippen LogP contribution is -2.44. The minimum Gasteiger partial charge on any atom is -0.393 e. The van der Waals surface area contributed by atoms with Gasteiger partial charge in [-0.3, -0.25) is 4.79 Å². The lowest BCUT2D eigenvalue weighted by molar-refractivity contribution is -0.120. The molecule has 1 aliphatic rings. The van der Waals surface area contributed by atoms with Gasteiger partial charge in [0.15, 0.2) is 0 Å². The third kappa shape index (κ3) is 4.57. The van der Waals surface area contributed by atoms with Gasteiger partial charge >= 0.3 is 0 Å². The third-order valence-electron chi connectivity index (χ3n) is 2.79. The zero-order valence-electron chi connectivity index (χ0n) is 9.16. The summed E-state index contributed by atoms with van der Waals surface area (Å²) in [5, 5.41) is 2.87. The minimum absolute atomic E-state index is 0.0681. The summed E-state index contributed by atoms with van der Waals surface area (Å²) in [6.07, 6.45) is 3.82. The minimum atomic E-state index is -0.0681. The molecule has 1 atom stereocenters. The molecule has 0 spiro atoms. The molecule has 1 rings (SSSR count). The Kier molecular flexibility index (Phi) is 4.98. The highest BCUT2D eigenvalue weighted by Crippen LogP contribution is 2.13. The Morgan fingerprint density at radius 2 is 2.33 bits per heavy atom. The van der Waals surface area contributed by atoms with Crippen molar-refractivity contribution in [2.45, 2.75) is 31.7 Å². The van der Waals surface area contributed by atoms with E-state index in [1.54, 1.807) is 0 Å². The van der Waals surface area contributed by atoms with Crippen molar-refractivity contribution in [3.63, 3.8) is 0 Å². The van der Waals surface area contributed by atoms with Crippen molar-refractivity contribution >= 4 is 23.1 Å². The number of likely N-dealkylation sites (tertiary alicyclic amines) is 1. The molecule has 0 aromatic heterocycles. The number of nitrogens with zero attached hydrogens (tertiary/aromatic N) is 1. The van der Waals surface area contributed by atoms with Gasteiger partial charge in [-0.25, -0.2) is 0 Å². The summed E-state index contributed by atoms with van der Waals surface area (Å²) >= 11 is 4.67. The van der Waals surface area contributed by atoms with Crippen LogP contribution in [0.3, 0.4) is 0 Å². The summed E-state index contributed by atoms with van der Waals surface area (Å²) < 4.78 is 0. The Morgan fingerprint density at radius 3 is 2.93 bits per heavy atom. The van der Waals surface area contributed by atoms with Crippen LogP contribution in [0.1, 0.15) is 25.7 Å². The van der Waals surface area contributed by atoms with Gasteiger partial charge in [0.1, 0.15) is 0 Å². The molecule has 0 aromatic carbocycles. The third-order valence-corrected chi connectivity index (χ3v) is 2.94. The van der Waals surface area contributed by atoms with Gasteiger partial charge in [-0.05, 0) is 26.4 Å². The van der Waals surface area contributed by atoms with E-state index >= 15 is 0 Å². The zero-order chi connectivity index (χ0) is 11.3. The number of nitrogens with two attached hydrogens (primary N) is 1. The Bertz CT molecular complexity index is 245. The second kappa shape index (κ2) is 6.02. The van der Waals surface area contributed by atoms with E-state index in [0.29, 0.717) is 12.6 Å². The van der Waals surface area contributed by atoms with E-state index in [1.807, 2.05) is 0 Å². The molecule has 1 unspecified atom stereocenters. The van der Waals surface area contributed by atoms with Crippen LogP contribution in [0.2, 0.25) is 0 Å². The molecule has 0 aliphatic carbocycles. The maximum Gasteiger partial charge on any atom is 0.226 e. The normalized spacial score (nSPS) is 22.3. The first-order chi connectivity index (χ1) is 7.09. The standard InChI is InChI=1S/C10H19N3OS/c1-13-5-3-2-4-8(13)7-12-10(14)6-9(11)15/h8H,2-7H2,1H3,(H2,11,15)(H,12,14). The van der Waals surface area contributed by atoms with Crippen LogP contribution in [0.25, 0.3) is 0 Å². The fourth-order valence-corrected chi connectivity index (χ4v) is 1.99. The SMILES string of the molecule is CN1CCCCC1CNC(=O)CC(N)=S. The fourth-order valence-electron chi connectivity index (χ4n) is 1.85. The van der Waals surface area contributed by atoms with Gasteiger partial charge in [0.25, 0.3) is 0 Å². The summed E-state index contributed by atoms with van der Waals surface area (Å²) in [6, 6.07) is 0.467. The molecule has 0 bridgehead atoms. The van der Waals surface area contributed by atoms with Crippen molar-refractivity contribution in [1.29, 1.82) is 0 Å².